The molecule has 3 heteroatoms. The third-order valence-electron chi connectivity index (χ3n) is 3.13. The van der Waals surface area contributed by atoms with Crippen LogP contribution in [0.4, 0.5) is 0 Å². The Bertz CT molecular complexity index is 512. The van der Waals surface area contributed by atoms with E-state index in [0.717, 1.165) is 12.8 Å². The maximum absolute atomic E-state index is 11.8. The van der Waals surface area contributed by atoms with Crippen LogP contribution in [0.2, 0.25) is 0 Å². The zero-order chi connectivity index (χ0) is 15.1. The van der Waals surface area contributed by atoms with Crippen molar-refractivity contribution in [2.75, 3.05) is 7.11 Å². The van der Waals surface area contributed by atoms with Crippen molar-refractivity contribution in [1.82, 2.24) is 0 Å². The van der Waals surface area contributed by atoms with Crippen LogP contribution in [0, 0.1) is 0 Å². The molecule has 0 spiro atoms. The number of hydrogen-bond donors (Lipinski definition) is 0. The Balaban J connectivity index is 2.73. The normalized spacial score (nSPS) is 15.7. The zero-order valence-electron chi connectivity index (χ0n) is 12.7. The fraction of sp³-hybridized carbons (Fsp3) is 0.412. The molecule has 0 aromatic carbocycles. The molecule has 0 heterocycles. The lowest BCUT2D eigenvalue weighted by Crippen LogP contribution is -2.15. The predicted octanol–water partition coefficient (Wildman–Crippen LogP) is 3.68. The molecule has 0 aromatic heterocycles. The molecule has 0 fully saturated rings. The number of ether oxygens (including phenoxy) is 1. The zero-order valence-corrected chi connectivity index (χ0v) is 12.7. The molecule has 0 saturated carbocycles. The second-order valence-corrected chi connectivity index (χ2v) is 5.15. The molecule has 108 valence electrons. The van der Waals surface area contributed by atoms with Gasteiger partial charge in [-0.15, -0.1) is 0 Å². The van der Waals surface area contributed by atoms with E-state index < -0.39 is 0 Å². The van der Waals surface area contributed by atoms with E-state index >= 15 is 0 Å². The fourth-order valence-corrected chi connectivity index (χ4v) is 1.97. The van der Waals surface area contributed by atoms with E-state index in [9.17, 15) is 9.59 Å². The second-order valence-electron chi connectivity index (χ2n) is 5.15. The lowest BCUT2D eigenvalue weighted by molar-refractivity contribution is -0.117. The molecule has 0 aliphatic heterocycles. The van der Waals surface area contributed by atoms with Crippen molar-refractivity contribution in [3.63, 3.8) is 0 Å². The van der Waals surface area contributed by atoms with Gasteiger partial charge in [-0.1, -0.05) is 23.3 Å². The van der Waals surface area contributed by atoms with Gasteiger partial charge < -0.3 is 4.74 Å². The first-order valence-corrected chi connectivity index (χ1v) is 6.78. The molecular formula is C17H22O3. The summed E-state index contributed by atoms with van der Waals surface area (Å²) in [6.07, 6.45) is 9.15. The van der Waals surface area contributed by atoms with Crippen molar-refractivity contribution in [3.05, 3.63) is 46.8 Å². The van der Waals surface area contributed by atoms with Crippen LogP contribution in [0.15, 0.2) is 46.8 Å². The number of hydrogen-bond acceptors (Lipinski definition) is 3. The minimum absolute atomic E-state index is 0.144. The average Bonchev–Trinajstić information content (AvgIpc) is 2.39. The van der Waals surface area contributed by atoms with Crippen LogP contribution in [-0.2, 0) is 14.3 Å². The molecule has 0 amide bonds. The third-order valence-corrected chi connectivity index (χ3v) is 3.13. The van der Waals surface area contributed by atoms with Gasteiger partial charge in [0.1, 0.15) is 0 Å². The van der Waals surface area contributed by atoms with Gasteiger partial charge in [-0.3, -0.25) is 9.59 Å². The van der Waals surface area contributed by atoms with Gasteiger partial charge in [0.2, 0.25) is 5.78 Å². The highest BCUT2D eigenvalue weighted by atomic mass is 16.5. The summed E-state index contributed by atoms with van der Waals surface area (Å²) < 4.78 is 5.05. The highest BCUT2D eigenvalue weighted by molar-refractivity contribution is 6.19. The minimum Gasteiger partial charge on any atom is -0.492 e. The van der Waals surface area contributed by atoms with Gasteiger partial charge in [0.25, 0.3) is 0 Å². The molecule has 3 nitrogen and oxygen atoms in total. The van der Waals surface area contributed by atoms with Crippen LogP contribution in [-0.4, -0.2) is 18.7 Å². The minimum atomic E-state index is -0.238. The summed E-state index contributed by atoms with van der Waals surface area (Å²) in [4.78, 5) is 23.4. The lowest BCUT2D eigenvalue weighted by atomic mass is 9.97. The predicted molar refractivity (Wildman–Crippen MR) is 80.2 cm³/mol. The van der Waals surface area contributed by atoms with Crippen LogP contribution in [0.5, 0.6) is 0 Å². The van der Waals surface area contributed by atoms with E-state index in [1.165, 1.54) is 30.4 Å². The Morgan fingerprint density at radius 2 is 1.75 bits per heavy atom. The number of allylic oxidation sites excluding steroid dienone is 7. The number of methoxy groups -OCH3 is 1. The van der Waals surface area contributed by atoms with E-state index in [0.29, 0.717) is 12.0 Å². The van der Waals surface area contributed by atoms with Crippen molar-refractivity contribution in [2.24, 2.45) is 0 Å². The maximum Gasteiger partial charge on any atom is 0.220 e. The van der Waals surface area contributed by atoms with Crippen molar-refractivity contribution in [2.45, 2.75) is 40.0 Å². The van der Waals surface area contributed by atoms with Gasteiger partial charge in [0.05, 0.1) is 7.11 Å². The highest BCUT2D eigenvalue weighted by Crippen LogP contribution is 2.20. The summed E-state index contributed by atoms with van der Waals surface area (Å²) in [6, 6.07) is 0. The van der Waals surface area contributed by atoms with Crippen LogP contribution in [0.1, 0.15) is 40.0 Å². The van der Waals surface area contributed by atoms with Crippen molar-refractivity contribution >= 4 is 11.6 Å². The van der Waals surface area contributed by atoms with E-state index in [-0.39, 0.29) is 17.3 Å². The third kappa shape index (κ3) is 4.65. The molecule has 1 aliphatic carbocycles. The largest absolute Gasteiger partial charge is 0.492 e. The molecule has 1 rings (SSSR count). The first-order chi connectivity index (χ1) is 9.45. The van der Waals surface area contributed by atoms with Crippen molar-refractivity contribution < 1.29 is 14.3 Å². The Morgan fingerprint density at radius 3 is 2.35 bits per heavy atom. The molecule has 20 heavy (non-hydrogen) atoms. The molecule has 0 saturated heterocycles. The van der Waals surface area contributed by atoms with E-state index in [1.54, 1.807) is 0 Å². The molecule has 0 radical (unpaired) electrons. The quantitative estimate of drug-likeness (QED) is 0.548. The molecular weight excluding hydrogens is 252 g/mol. The van der Waals surface area contributed by atoms with Gasteiger partial charge in [-0.25, -0.2) is 0 Å². The standard InChI is InChI=1S/C17H22O3/c1-12(2)6-5-7-13(3)8-9-14-15(18)10-11-16(19)17(14)20-4/h6,8,10-11H,5,7,9H2,1-4H3. The average molecular weight is 274 g/mol. The Morgan fingerprint density at radius 1 is 1.10 bits per heavy atom. The summed E-state index contributed by atoms with van der Waals surface area (Å²) in [7, 11) is 1.42. The smallest absolute Gasteiger partial charge is 0.220 e. The first-order valence-electron chi connectivity index (χ1n) is 6.78. The first kappa shape index (κ1) is 16.2. The molecule has 0 aromatic rings. The molecule has 0 bridgehead atoms. The van der Waals surface area contributed by atoms with Gasteiger partial charge in [0, 0.05) is 5.57 Å². The van der Waals surface area contributed by atoms with Gasteiger partial charge in [-0.05, 0) is 52.2 Å². The molecule has 0 atom stereocenters. The Kier molecular flexibility index (Phi) is 6.16. The molecule has 0 N–H and O–H groups in total. The summed E-state index contributed by atoms with van der Waals surface area (Å²) in [6.45, 7) is 6.19. The van der Waals surface area contributed by atoms with Gasteiger partial charge in [0.15, 0.2) is 11.5 Å². The number of carbonyl (C=O) groups is 2. The monoisotopic (exact) mass is 274 g/mol. The van der Waals surface area contributed by atoms with E-state index in [1.807, 2.05) is 13.0 Å². The van der Waals surface area contributed by atoms with Gasteiger partial charge in [-0.2, -0.15) is 0 Å². The van der Waals surface area contributed by atoms with Crippen molar-refractivity contribution in [3.8, 4) is 0 Å². The molecule has 1 aliphatic rings. The Labute approximate surface area is 120 Å². The van der Waals surface area contributed by atoms with E-state index in [2.05, 4.69) is 19.9 Å². The summed E-state index contributed by atoms with van der Waals surface area (Å²) >= 11 is 0. The van der Waals surface area contributed by atoms with E-state index in [4.69, 9.17) is 4.74 Å². The summed E-state index contributed by atoms with van der Waals surface area (Å²) in [5.41, 5.74) is 2.96. The highest BCUT2D eigenvalue weighted by Gasteiger charge is 2.22. The lowest BCUT2D eigenvalue weighted by Gasteiger charge is -2.12. The fourth-order valence-electron chi connectivity index (χ4n) is 1.97. The molecule has 0 unspecified atom stereocenters. The van der Waals surface area contributed by atoms with Crippen LogP contribution >= 0.6 is 0 Å². The second kappa shape index (κ2) is 7.63. The maximum atomic E-state index is 11.8. The van der Waals surface area contributed by atoms with Crippen LogP contribution in [0.3, 0.4) is 0 Å². The van der Waals surface area contributed by atoms with Gasteiger partial charge >= 0.3 is 0 Å². The number of ketones is 2. The Hall–Kier alpha value is -1.90. The SMILES string of the molecule is COC1=C(CC=C(C)CCC=C(C)C)C(=O)C=CC1=O. The van der Waals surface area contributed by atoms with Crippen molar-refractivity contribution in [1.29, 1.82) is 0 Å². The topological polar surface area (TPSA) is 43.4 Å². The van der Waals surface area contributed by atoms with Crippen LogP contribution < -0.4 is 0 Å². The number of carbonyl (C=O) groups excluding carboxylic acids is 2. The summed E-state index contributed by atoms with van der Waals surface area (Å²) in [5.74, 6) is -0.210. The van der Waals surface area contributed by atoms with Crippen LogP contribution in [0.25, 0.3) is 0 Å². The summed E-state index contributed by atoms with van der Waals surface area (Å²) in [5, 5.41) is 0. The number of rotatable bonds is 6.